The Labute approximate surface area is 109 Å². The Bertz CT molecular complexity index is 493. The summed E-state index contributed by atoms with van der Waals surface area (Å²) in [5.74, 6) is -2.63. The van der Waals surface area contributed by atoms with E-state index in [1.165, 1.54) is 24.0 Å². The smallest absolute Gasteiger partial charge is 0.327 e. The van der Waals surface area contributed by atoms with Crippen molar-refractivity contribution in [3.63, 3.8) is 0 Å². The summed E-state index contributed by atoms with van der Waals surface area (Å²) < 4.78 is 13.5. The lowest BCUT2D eigenvalue weighted by Crippen LogP contribution is -2.32. The molecule has 1 atom stereocenters. The number of halogens is 1. The third kappa shape index (κ3) is 3.40. The van der Waals surface area contributed by atoms with Crippen molar-refractivity contribution in [2.75, 3.05) is 18.0 Å². The summed E-state index contributed by atoms with van der Waals surface area (Å²) in [7, 11) is 0. The van der Waals surface area contributed by atoms with E-state index in [9.17, 15) is 19.3 Å². The van der Waals surface area contributed by atoms with Crippen LogP contribution in [0.5, 0.6) is 0 Å². The van der Waals surface area contributed by atoms with E-state index < -0.39 is 28.3 Å². The van der Waals surface area contributed by atoms with Crippen LogP contribution in [0.3, 0.4) is 0 Å². The van der Waals surface area contributed by atoms with Crippen molar-refractivity contribution in [2.24, 2.45) is 5.92 Å². The highest BCUT2D eigenvalue weighted by molar-refractivity contribution is 5.71. The number of carbonyl (C=O) groups is 1. The van der Waals surface area contributed by atoms with Crippen molar-refractivity contribution in [1.29, 1.82) is 0 Å². The van der Waals surface area contributed by atoms with Crippen LogP contribution < -0.4 is 4.90 Å². The third-order valence-corrected chi connectivity index (χ3v) is 2.79. The number of carboxylic acid groups (broad SMARTS) is 1. The van der Waals surface area contributed by atoms with Gasteiger partial charge in [-0.15, -0.1) is 0 Å². The van der Waals surface area contributed by atoms with Gasteiger partial charge >= 0.3 is 11.7 Å². The first-order valence-corrected chi connectivity index (χ1v) is 5.79. The number of hydrogen-bond donors (Lipinski definition) is 1. The molecule has 7 heteroatoms. The van der Waals surface area contributed by atoms with Crippen LogP contribution in [0.1, 0.15) is 13.8 Å². The number of carboxylic acids is 1. The highest BCUT2D eigenvalue weighted by Crippen LogP contribution is 2.31. The number of rotatable bonds is 6. The SMILES string of the molecule is CCN(CC(C)C(=O)O)c1cccc(F)c1[N+](=O)[O-]. The van der Waals surface area contributed by atoms with E-state index in [-0.39, 0.29) is 12.2 Å². The highest BCUT2D eigenvalue weighted by Gasteiger charge is 2.25. The van der Waals surface area contributed by atoms with E-state index in [0.717, 1.165) is 6.07 Å². The van der Waals surface area contributed by atoms with Gasteiger partial charge in [-0.2, -0.15) is 4.39 Å². The number of benzene rings is 1. The van der Waals surface area contributed by atoms with E-state index in [2.05, 4.69) is 0 Å². The summed E-state index contributed by atoms with van der Waals surface area (Å²) in [4.78, 5) is 22.4. The van der Waals surface area contributed by atoms with Gasteiger partial charge in [0.2, 0.25) is 5.82 Å². The van der Waals surface area contributed by atoms with E-state index in [1.54, 1.807) is 6.92 Å². The fraction of sp³-hybridized carbons (Fsp3) is 0.417. The molecular formula is C12H15FN2O4. The molecule has 104 valence electrons. The van der Waals surface area contributed by atoms with E-state index in [0.29, 0.717) is 6.54 Å². The molecule has 6 nitrogen and oxygen atoms in total. The lowest BCUT2D eigenvalue weighted by atomic mass is 10.1. The molecule has 0 saturated carbocycles. The van der Waals surface area contributed by atoms with E-state index in [4.69, 9.17) is 5.11 Å². The van der Waals surface area contributed by atoms with Crippen LogP contribution in [0.15, 0.2) is 18.2 Å². The molecule has 0 fully saturated rings. The van der Waals surface area contributed by atoms with Crippen LogP contribution in [0.2, 0.25) is 0 Å². The molecule has 0 aliphatic carbocycles. The predicted molar refractivity (Wildman–Crippen MR) is 67.7 cm³/mol. The van der Waals surface area contributed by atoms with Gasteiger partial charge < -0.3 is 10.0 Å². The number of anilines is 1. The molecule has 0 bridgehead atoms. The van der Waals surface area contributed by atoms with Gasteiger partial charge in [0.25, 0.3) is 0 Å². The number of aliphatic carboxylic acids is 1. The number of nitro groups is 1. The minimum absolute atomic E-state index is 0.0795. The van der Waals surface area contributed by atoms with Gasteiger partial charge in [-0.3, -0.25) is 14.9 Å². The predicted octanol–water partition coefficient (Wildman–Crippen LogP) is 2.28. The first-order valence-electron chi connectivity index (χ1n) is 5.79. The lowest BCUT2D eigenvalue weighted by Gasteiger charge is -2.24. The first kappa shape index (κ1) is 14.9. The van der Waals surface area contributed by atoms with E-state index >= 15 is 0 Å². The molecule has 0 aromatic heterocycles. The van der Waals surface area contributed by atoms with Crippen molar-refractivity contribution in [3.05, 3.63) is 34.1 Å². The Morgan fingerprint density at radius 1 is 1.58 bits per heavy atom. The minimum atomic E-state index is -1.00. The second-order valence-electron chi connectivity index (χ2n) is 4.14. The van der Waals surface area contributed by atoms with Crippen molar-refractivity contribution in [2.45, 2.75) is 13.8 Å². The largest absolute Gasteiger partial charge is 0.481 e. The van der Waals surface area contributed by atoms with E-state index in [1.807, 2.05) is 0 Å². The third-order valence-electron chi connectivity index (χ3n) is 2.79. The van der Waals surface area contributed by atoms with Crippen molar-refractivity contribution in [3.8, 4) is 0 Å². The van der Waals surface area contributed by atoms with Crippen molar-refractivity contribution < 1.29 is 19.2 Å². The maximum atomic E-state index is 13.5. The molecule has 1 N–H and O–H groups in total. The van der Waals surface area contributed by atoms with Crippen molar-refractivity contribution in [1.82, 2.24) is 0 Å². The fourth-order valence-electron chi connectivity index (χ4n) is 1.75. The molecule has 19 heavy (non-hydrogen) atoms. The number of para-hydroxylation sites is 1. The zero-order valence-corrected chi connectivity index (χ0v) is 10.7. The standard InChI is InChI=1S/C12H15FN2O4/c1-3-14(7-8(2)12(16)17)10-6-4-5-9(13)11(10)15(18)19/h4-6,8H,3,7H2,1-2H3,(H,16,17). The molecule has 1 unspecified atom stereocenters. The summed E-state index contributed by atoms with van der Waals surface area (Å²) in [5.41, 5.74) is -0.525. The van der Waals surface area contributed by atoms with Crippen LogP contribution in [0.4, 0.5) is 15.8 Å². The van der Waals surface area contributed by atoms with Crippen LogP contribution in [0.25, 0.3) is 0 Å². The highest BCUT2D eigenvalue weighted by atomic mass is 19.1. The quantitative estimate of drug-likeness (QED) is 0.633. The van der Waals surface area contributed by atoms with Crippen LogP contribution in [0, 0.1) is 21.8 Å². The molecule has 0 aliphatic rings. The molecular weight excluding hydrogens is 255 g/mol. The Kier molecular flexibility index (Phi) is 4.80. The Morgan fingerprint density at radius 2 is 2.21 bits per heavy atom. The second kappa shape index (κ2) is 6.12. The summed E-state index contributed by atoms with van der Waals surface area (Å²) in [6, 6.07) is 3.79. The topological polar surface area (TPSA) is 83.7 Å². The normalized spacial score (nSPS) is 11.9. The van der Waals surface area contributed by atoms with Crippen LogP contribution in [-0.2, 0) is 4.79 Å². The Balaban J connectivity index is 3.15. The molecule has 1 aromatic rings. The average molecular weight is 270 g/mol. The van der Waals surface area contributed by atoms with Gasteiger partial charge in [0.05, 0.1) is 10.8 Å². The van der Waals surface area contributed by atoms with Gasteiger partial charge in [-0.1, -0.05) is 13.0 Å². The van der Waals surface area contributed by atoms with Gasteiger partial charge in [0.15, 0.2) is 0 Å². The summed E-state index contributed by atoms with van der Waals surface area (Å²) in [6.07, 6.45) is 0. The minimum Gasteiger partial charge on any atom is -0.481 e. The maximum Gasteiger partial charge on any atom is 0.327 e. The van der Waals surface area contributed by atoms with Gasteiger partial charge in [-0.05, 0) is 19.1 Å². The second-order valence-corrected chi connectivity index (χ2v) is 4.14. The monoisotopic (exact) mass is 270 g/mol. The zero-order valence-electron chi connectivity index (χ0n) is 10.7. The Hall–Kier alpha value is -2.18. The fourth-order valence-corrected chi connectivity index (χ4v) is 1.75. The molecule has 1 aromatic carbocycles. The number of hydrogen-bond acceptors (Lipinski definition) is 4. The van der Waals surface area contributed by atoms with Crippen LogP contribution >= 0.6 is 0 Å². The summed E-state index contributed by atoms with van der Waals surface area (Å²) >= 11 is 0. The Morgan fingerprint density at radius 3 is 2.68 bits per heavy atom. The van der Waals surface area contributed by atoms with Gasteiger partial charge in [0.1, 0.15) is 5.69 Å². The molecule has 0 radical (unpaired) electrons. The number of nitrogens with zero attached hydrogens (tertiary/aromatic N) is 2. The average Bonchev–Trinajstić information content (AvgIpc) is 2.34. The molecule has 0 saturated heterocycles. The lowest BCUT2D eigenvalue weighted by molar-refractivity contribution is -0.386. The molecule has 1 rings (SSSR count). The molecule has 0 amide bonds. The first-order chi connectivity index (χ1) is 8.88. The number of nitro benzene ring substituents is 1. The molecule has 0 spiro atoms. The molecule has 0 aliphatic heterocycles. The summed E-state index contributed by atoms with van der Waals surface area (Å²) in [6.45, 7) is 3.65. The maximum absolute atomic E-state index is 13.5. The van der Waals surface area contributed by atoms with Crippen LogP contribution in [-0.4, -0.2) is 29.1 Å². The van der Waals surface area contributed by atoms with Gasteiger partial charge in [-0.25, -0.2) is 0 Å². The molecule has 0 heterocycles. The zero-order chi connectivity index (χ0) is 14.6. The summed E-state index contributed by atoms with van der Waals surface area (Å²) in [5, 5.41) is 19.8. The van der Waals surface area contributed by atoms with Crippen molar-refractivity contribution >= 4 is 17.3 Å². The van der Waals surface area contributed by atoms with Gasteiger partial charge in [0, 0.05) is 13.1 Å².